The van der Waals surface area contributed by atoms with Crippen molar-refractivity contribution in [3.05, 3.63) is 71.2 Å². The molecule has 5 heteroatoms. The van der Waals surface area contributed by atoms with Crippen LogP contribution in [-0.2, 0) is 6.42 Å². The molecule has 0 saturated carbocycles. The Labute approximate surface area is 154 Å². The molecule has 0 fully saturated rings. The molecule has 0 aliphatic carbocycles. The van der Waals surface area contributed by atoms with Gasteiger partial charge >= 0.3 is 0 Å². The van der Waals surface area contributed by atoms with Crippen LogP contribution in [0.3, 0.4) is 0 Å². The number of hydrogen-bond acceptors (Lipinski definition) is 3. The van der Waals surface area contributed by atoms with Crippen LogP contribution in [0.1, 0.15) is 34.1 Å². The Balaban J connectivity index is 2.20. The van der Waals surface area contributed by atoms with Crippen molar-refractivity contribution in [2.45, 2.75) is 26.4 Å². The molecule has 0 radical (unpaired) electrons. The highest BCUT2D eigenvalue weighted by molar-refractivity contribution is 5.92. The second-order valence-electron chi connectivity index (χ2n) is 6.41. The number of aliphatic hydroxyl groups excluding tert-OH is 2. The first kappa shape index (κ1) is 19.7. The lowest BCUT2D eigenvalue weighted by atomic mass is 9.85. The van der Waals surface area contributed by atoms with Gasteiger partial charge < -0.3 is 20.5 Å². The summed E-state index contributed by atoms with van der Waals surface area (Å²) in [5.41, 5.74) is 7.32. The molecule has 4 N–H and O–H groups in total. The molecule has 138 valence electrons. The number of amides is 1. The minimum absolute atomic E-state index is 0.104. The van der Waals surface area contributed by atoms with E-state index in [-0.39, 0.29) is 25.0 Å². The largest absolute Gasteiger partial charge is 0.395 e. The molecular weight excluding hydrogens is 328 g/mol. The molecule has 2 aromatic rings. The van der Waals surface area contributed by atoms with Gasteiger partial charge in [0.25, 0.3) is 5.91 Å². The van der Waals surface area contributed by atoms with Crippen molar-refractivity contribution >= 4 is 11.5 Å². The maximum atomic E-state index is 11.9. The Hall–Kier alpha value is -2.59. The molecule has 1 heterocycles. The van der Waals surface area contributed by atoms with E-state index in [0.717, 1.165) is 22.3 Å². The zero-order chi connectivity index (χ0) is 19.1. The molecule has 0 spiro atoms. The molecule has 2 unspecified atom stereocenters. The number of nitrogens with one attached hydrogen (secondary N) is 2. The maximum Gasteiger partial charge on any atom is 0.267 e. The van der Waals surface area contributed by atoms with E-state index in [2.05, 4.69) is 22.6 Å². The van der Waals surface area contributed by atoms with Gasteiger partial charge in [-0.2, -0.15) is 0 Å². The smallest absolute Gasteiger partial charge is 0.267 e. The van der Waals surface area contributed by atoms with E-state index in [1.165, 1.54) is 0 Å². The number of hydrogen-bond donors (Lipinski definition) is 4. The fourth-order valence-electron chi connectivity index (χ4n) is 2.90. The molecule has 0 aliphatic rings. The summed E-state index contributed by atoms with van der Waals surface area (Å²) >= 11 is 0. The number of carbonyl (C=O) groups is 1. The van der Waals surface area contributed by atoms with Crippen LogP contribution in [-0.4, -0.2) is 40.4 Å². The quantitative estimate of drug-likeness (QED) is 0.549. The minimum atomic E-state index is -0.595. The molecule has 2 rings (SSSR count). The predicted molar refractivity (Wildman–Crippen MR) is 103 cm³/mol. The van der Waals surface area contributed by atoms with Crippen LogP contribution in [0.25, 0.3) is 5.57 Å². The number of carbonyl (C=O) groups excluding carboxylic acids is 1. The minimum Gasteiger partial charge on any atom is -0.395 e. The highest BCUT2D eigenvalue weighted by Crippen LogP contribution is 2.29. The van der Waals surface area contributed by atoms with Crippen LogP contribution in [0.15, 0.2) is 48.8 Å². The van der Waals surface area contributed by atoms with Gasteiger partial charge in [-0.1, -0.05) is 36.4 Å². The first-order valence-electron chi connectivity index (χ1n) is 8.67. The lowest BCUT2D eigenvalue weighted by Crippen LogP contribution is -2.26. The highest BCUT2D eigenvalue weighted by Gasteiger charge is 2.22. The average molecular weight is 354 g/mol. The fourth-order valence-corrected chi connectivity index (χ4v) is 2.90. The first-order chi connectivity index (χ1) is 12.5. The summed E-state index contributed by atoms with van der Waals surface area (Å²) in [5, 5.41) is 21.7. The van der Waals surface area contributed by atoms with Crippen molar-refractivity contribution in [1.29, 1.82) is 0 Å². The maximum absolute atomic E-state index is 11.9. The van der Waals surface area contributed by atoms with Gasteiger partial charge in [0.2, 0.25) is 0 Å². The molecule has 0 saturated heterocycles. The van der Waals surface area contributed by atoms with Gasteiger partial charge in [-0.25, -0.2) is 0 Å². The third kappa shape index (κ3) is 4.96. The van der Waals surface area contributed by atoms with E-state index in [0.29, 0.717) is 12.1 Å². The second kappa shape index (κ2) is 9.20. The zero-order valence-corrected chi connectivity index (χ0v) is 15.2. The number of benzene rings is 1. The normalized spacial score (nSPS) is 12.9. The van der Waals surface area contributed by atoms with E-state index < -0.39 is 6.10 Å². The molecule has 0 aliphatic heterocycles. The Morgan fingerprint density at radius 1 is 1.35 bits per heavy atom. The number of H-pyrrole nitrogens is 1. The highest BCUT2D eigenvalue weighted by atomic mass is 16.3. The van der Waals surface area contributed by atoms with Gasteiger partial charge in [0.15, 0.2) is 0 Å². The van der Waals surface area contributed by atoms with Gasteiger partial charge in [-0.15, -0.1) is 5.73 Å². The number of aryl methyl sites for hydroxylation is 1. The summed E-state index contributed by atoms with van der Waals surface area (Å²) in [5.74, 6) is -0.462. The summed E-state index contributed by atoms with van der Waals surface area (Å²) in [4.78, 5) is 14.9. The molecule has 0 bridgehead atoms. The van der Waals surface area contributed by atoms with Crippen LogP contribution in [0.5, 0.6) is 0 Å². The van der Waals surface area contributed by atoms with Crippen LogP contribution in [0.4, 0.5) is 0 Å². The van der Waals surface area contributed by atoms with Crippen molar-refractivity contribution in [3.63, 3.8) is 0 Å². The van der Waals surface area contributed by atoms with Crippen molar-refractivity contribution in [3.8, 4) is 0 Å². The van der Waals surface area contributed by atoms with E-state index in [9.17, 15) is 9.90 Å². The second-order valence-corrected chi connectivity index (χ2v) is 6.41. The molecule has 26 heavy (non-hydrogen) atoms. The van der Waals surface area contributed by atoms with Crippen molar-refractivity contribution in [2.24, 2.45) is 5.92 Å². The Kier molecular flexibility index (Phi) is 6.98. The molecular formula is C21H26N2O3. The number of rotatable bonds is 8. The van der Waals surface area contributed by atoms with Gasteiger partial charge in [0.05, 0.1) is 12.7 Å². The standard InChI is InChI=1S/C21H26N2O3/c1-4-18(17-7-5-14(2)6-8-17)19(15(3)25)11-16-12-20(23-13-16)21(26)22-9-10-24/h5-8,12-13,15,19,23-25H,1,9-11H2,2-3H3,(H,22,26). The third-order valence-corrected chi connectivity index (χ3v) is 4.35. The summed E-state index contributed by atoms with van der Waals surface area (Å²) in [6, 6.07) is 9.81. The Morgan fingerprint density at radius 3 is 2.62 bits per heavy atom. The summed E-state index contributed by atoms with van der Waals surface area (Å²) < 4.78 is 0. The first-order valence-corrected chi connectivity index (χ1v) is 8.67. The monoisotopic (exact) mass is 354 g/mol. The lowest BCUT2D eigenvalue weighted by molar-refractivity contribution is 0.0940. The van der Waals surface area contributed by atoms with Crippen LogP contribution in [0, 0.1) is 12.8 Å². The van der Waals surface area contributed by atoms with Crippen LogP contribution < -0.4 is 5.32 Å². The summed E-state index contributed by atoms with van der Waals surface area (Å²) in [6.45, 7) is 7.68. The van der Waals surface area contributed by atoms with E-state index in [1.54, 1.807) is 19.2 Å². The number of aromatic amines is 1. The molecule has 2 atom stereocenters. The Morgan fingerprint density at radius 2 is 2.04 bits per heavy atom. The predicted octanol–water partition coefficient (Wildman–Crippen LogP) is 2.45. The number of aromatic nitrogens is 1. The zero-order valence-electron chi connectivity index (χ0n) is 15.2. The van der Waals surface area contributed by atoms with E-state index in [4.69, 9.17) is 5.11 Å². The molecule has 1 aromatic heterocycles. The third-order valence-electron chi connectivity index (χ3n) is 4.35. The topological polar surface area (TPSA) is 85.4 Å². The number of aliphatic hydroxyl groups is 2. The molecule has 5 nitrogen and oxygen atoms in total. The van der Waals surface area contributed by atoms with Gasteiger partial charge in [-0.05, 0) is 37.5 Å². The fraction of sp³-hybridized carbons (Fsp3) is 0.333. The Bertz CT molecular complexity index is 784. The van der Waals surface area contributed by atoms with Gasteiger partial charge in [0.1, 0.15) is 5.69 Å². The van der Waals surface area contributed by atoms with Crippen molar-refractivity contribution < 1.29 is 15.0 Å². The summed E-state index contributed by atoms with van der Waals surface area (Å²) in [7, 11) is 0. The van der Waals surface area contributed by atoms with Crippen LogP contribution in [0.2, 0.25) is 0 Å². The van der Waals surface area contributed by atoms with Gasteiger partial charge in [-0.3, -0.25) is 4.79 Å². The van der Waals surface area contributed by atoms with Crippen LogP contribution >= 0.6 is 0 Å². The SMILES string of the molecule is C=C=C(c1ccc(C)cc1)C(Cc1c[nH]c(C(=O)NCCO)c1)C(C)O. The summed E-state index contributed by atoms with van der Waals surface area (Å²) in [6.07, 6.45) is 1.72. The molecule has 1 amide bonds. The molecule has 1 aromatic carbocycles. The van der Waals surface area contributed by atoms with E-state index in [1.807, 2.05) is 31.2 Å². The van der Waals surface area contributed by atoms with Crippen molar-refractivity contribution in [1.82, 2.24) is 10.3 Å². The lowest BCUT2D eigenvalue weighted by Gasteiger charge is -2.22. The van der Waals surface area contributed by atoms with E-state index >= 15 is 0 Å². The average Bonchev–Trinajstić information content (AvgIpc) is 3.09. The van der Waals surface area contributed by atoms with Gasteiger partial charge in [0, 0.05) is 24.2 Å². The van der Waals surface area contributed by atoms with Crippen molar-refractivity contribution in [2.75, 3.05) is 13.2 Å².